The molecule has 0 saturated carbocycles. The third kappa shape index (κ3) is 5.93. The molecule has 0 aromatic heterocycles. The first-order chi connectivity index (χ1) is 17.4. The second-order valence-electron chi connectivity index (χ2n) is 8.72. The number of hydrogen-bond donors (Lipinski definition) is 1. The number of morpholine rings is 1. The van der Waals surface area contributed by atoms with E-state index in [9.17, 15) is 13.2 Å². The number of amides is 1. The fraction of sp³-hybridized carbons (Fsp3) is 0.500. The van der Waals surface area contributed by atoms with Gasteiger partial charge in [0.25, 0.3) is 5.91 Å². The van der Waals surface area contributed by atoms with Crippen LogP contribution in [0.5, 0.6) is 11.5 Å². The van der Waals surface area contributed by atoms with Crippen LogP contribution in [0.1, 0.15) is 43.5 Å². The number of rotatable bonds is 9. The minimum atomic E-state index is -3.55. The van der Waals surface area contributed by atoms with Crippen molar-refractivity contribution in [3.63, 3.8) is 0 Å². The highest BCUT2D eigenvalue weighted by molar-refractivity contribution is 7.89. The number of benzene rings is 2. The van der Waals surface area contributed by atoms with E-state index in [-0.39, 0.29) is 10.8 Å². The molecule has 2 aromatic rings. The van der Waals surface area contributed by atoms with Gasteiger partial charge < -0.3 is 24.4 Å². The molecular formula is C26H35N3O6S. The van der Waals surface area contributed by atoms with Crippen LogP contribution in [0.4, 0.5) is 11.4 Å². The van der Waals surface area contributed by atoms with Gasteiger partial charge in [0, 0.05) is 43.9 Å². The maximum Gasteiger partial charge on any atom is 0.255 e. The molecule has 0 unspecified atom stereocenters. The lowest BCUT2D eigenvalue weighted by Crippen LogP contribution is -2.36. The molecule has 2 heterocycles. The van der Waals surface area contributed by atoms with Crippen LogP contribution < -0.4 is 19.7 Å². The minimum Gasteiger partial charge on any atom is -0.492 e. The van der Waals surface area contributed by atoms with E-state index in [1.165, 1.54) is 28.6 Å². The summed E-state index contributed by atoms with van der Waals surface area (Å²) in [5.41, 5.74) is 1.74. The molecule has 4 rings (SSSR count). The summed E-state index contributed by atoms with van der Waals surface area (Å²) in [6.45, 7) is 8.53. The molecule has 2 aliphatic heterocycles. The first kappa shape index (κ1) is 26.2. The Hall–Kier alpha value is -2.82. The molecule has 2 fully saturated rings. The third-order valence-corrected chi connectivity index (χ3v) is 8.24. The van der Waals surface area contributed by atoms with Gasteiger partial charge in [-0.15, -0.1) is 0 Å². The minimum absolute atomic E-state index is 0.199. The highest BCUT2D eigenvalue weighted by Crippen LogP contribution is 2.39. The highest BCUT2D eigenvalue weighted by atomic mass is 32.2. The summed E-state index contributed by atoms with van der Waals surface area (Å²) < 4.78 is 44.6. The Kier molecular flexibility index (Phi) is 8.71. The molecule has 2 aromatic carbocycles. The molecule has 0 radical (unpaired) electrons. The number of anilines is 2. The van der Waals surface area contributed by atoms with Crippen LogP contribution in [0.2, 0.25) is 0 Å². The van der Waals surface area contributed by atoms with Gasteiger partial charge in [0.2, 0.25) is 10.0 Å². The smallest absolute Gasteiger partial charge is 0.255 e. The quantitative estimate of drug-likeness (QED) is 0.541. The van der Waals surface area contributed by atoms with Gasteiger partial charge in [0.1, 0.15) is 11.5 Å². The van der Waals surface area contributed by atoms with Crippen molar-refractivity contribution in [1.82, 2.24) is 4.31 Å². The molecule has 2 aliphatic rings. The maximum absolute atomic E-state index is 13.1. The number of nitrogens with zero attached hydrogens (tertiary/aromatic N) is 2. The Labute approximate surface area is 213 Å². The van der Waals surface area contributed by atoms with Gasteiger partial charge in [-0.1, -0.05) is 6.42 Å². The van der Waals surface area contributed by atoms with E-state index in [0.29, 0.717) is 62.3 Å². The Bertz CT molecular complexity index is 1140. The zero-order valence-corrected chi connectivity index (χ0v) is 21.8. The number of sulfonamides is 1. The topological polar surface area (TPSA) is 97.4 Å². The number of carbonyl (C=O) groups is 1. The maximum atomic E-state index is 13.1. The first-order valence-corrected chi connectivity index (χ1v) is 14.1. The van der Waals surface area contributed by atoms with E-state index in [1.54, 1.807) is 6.07 Å². The number of nitrogens with one attached hydrogen (secondary N) is 1. The molecule has 1 N–H and O–H groups in total. The predicted molar refractivity (Wildman–Crippen MR) is 139 cm³/mol. The lowest BCUT2D eigenvalue weighted by atomic mass is 10.1. The van der Waals surface area contributed by atoms with Gasteiger partial charge in [-0.2, -0.15) is 4.31 Å². The average Bonchev–Trinajstić information content (AvgIpc) is 2.91. The summed E-state index contributed by atoms with van der Waals surface area (Å²) in [5.74, 6) is 0.834. The van der Waals surface area contributed by atoms with Crippen molar-refractivity contribution in [2.75, 3.05) is 62.8 Å². The van der Waals surface area contributed by atoms with E-state index in [0.717, 1.165) is 38.0 Å². The number of piperidine rings is 1. The molecule has 0 atom stereocenters. The van der Waals surface area contributed by atoms with Crippen molar-refractivity contribution in [3.8, 4) is 11.5 Å². The summed E-state index contributed by atoms with van der Waals surface area (Å²) in [6.07, 6.45) is 2.79. The molecule has 1 amide bonds. The van der Waals surface area contributed by atoms with Crippen LogP contribution in [0.3, 0.4) is 0 Å². The van der Waals surface area contributed by atoms with E-state index in [4.69, 9.17) is 14.2 Å². The van der Waals surface area contributed by atoms with Gasteiger partial charge in [-0.05, 0) is 51.0 Å². The molecule has 196 valence electrons. The van der Waals surface area contributed by atoms with Crippen LogP contribution in [-0.4, -0.2) is 71.2 Å². The fourth-order valence-corrected chi connectivity index (χ4v) is 5.99. The summed E-state index contributed by atoms with van der Waals surface area (Å²) in [4.78, 5) is 15.5. The Morgan fingerprint density at radius 1 is 0.917 bits per heavy atom. The van der Waals surface area contributed by atoms with Crippen molar-refractivity contribution in [2.24, 2.45) is 0 Å². The van der Waals surface area contributed by atoms with Crippen molar-refractivity contribution in [1.29, 1.82) is 0 Å². The molecule has 0 spiro atoms. The third-order valence-electron chi connectivity index (χ3n) is 6.33. The van der Waals surface area contributed by atoms with E-state index in [2.05, 4.69) is 10.2 Å². The number of ether oxygens (including phenoxy) is 3. The number of hydrogen-bond acceptors (Lipinski definition) is 7. The van der Waals surface area contributed by atoms with Gasteiger partial charge in [-0.3, -0.25) is 4.79 Å². The van der Waals surface area contributed by atoms with E-state index in [1.807, 2.05) is 19.9 Å². The standard InChI is InChI=1S/C26H35N3O6S/c1-3-34-24-19-23(28-14-16-33-17-15-28)25(35-4-2)18-22(24)27-26(30)20-8-10-21(11-9-20)36(31,32)29-12-6-5-7-13-29/h8-11,18-19H,3-7,12-17H2,1-2H3,(H,27,30). The summed E-state index contributed by atoms with van der Waals surface area (Å²) in [5, 5.41) is 2.92. The van der Waals surface area contributed by atoms with E-state index >= 15 is 0 Å². The predicted octanol–water partition coefficient (Wildman–Crippen LogP) is 3.75. The lowest BCUT2D eigenvalue weighted by molar-refractivity contribution is 0.102. The first-order valence-electron chi connectivity index (χ1n) is 12.6. The van der Waals surface area contributed by atoms with Crippen molar-refractivity contribution >= 4 is 27.3 Å². The molecular weight excluding hydrogens is 482 g/mol. The van der Waals surface area contributed by atoms with E-state index < -0.39 is 10.0 Å². The molecule has 36 heavy (non-hydrogen) atoms. The van der Waals surface area contributed by atoms with Crippen molar-refractivity contribution in [3.05, 3.63) is 42.0 Å². The molecule has 0 aliphatic carbocycles. The van der Waals surface area contributed by atoms with Crippen molar-refractivity contribution < 1.29 is 27.4 Å². The largest absolute Gasteiger partial charge is 0.492 e. The van der Waals surface area contributed by atoms with Gasteiger partial charge >= 0.3 is 0 Å². The van der Waals surface area contributed by atoms with Gasteiger partial charge in [0.05, 0.1) is 42.7 Å². The SMILES string of the molecule is CCOc1cc(N2CCOCC2)c(OCC)cc1NC(=O)c1ccc(S(=O)(=O)N2CCCCC2)cc1. The van der Waals surface area contributed by atoms with Gasteiger partial charge in [0.15, 0.2) is 0 Å². The average molecular weight is 518 g/mol. The van der Waals surface area contributed by atoms with Crippen LogP contribution >= 0.6 is 0 Å². The van der Waals surface area contributed by atoms with Gasteiger partial charge in [-0.25, -0.2) is 8.42 Å². The second-order valence-corrected chi connectivity index (χ2v) is 10.7. The molecule has 2 saturated heterocycles. The summed E-state index contributed by atoms with van der Waals surface area (Å²) >= 11 is 0. The summed E-state index contributed by atoms with van der Waals surface area (Å²) in [6, 6.07) is 9.75. The molecule has 10 heteroatoms. The van der Waals surface area contributed by atoms with Crippen molar-refractivity contribution in [2.45, 2.75) is 38.0 Å². The zero-order valence-electron chi connectivity index (χ0n) is 21.0. The normalized spacial score (nSPS) is 17.0. The Morgan fingerprint density at radius 2 is 1.56 bits per heavy atom. The fourth-order valence-electron chi connectivity index (χ4n) is 4.47. The molecule has 0 bridgehead atoms. The van der Waals surface area contributed by atoms with Crippen LogP contribution in [0, 0.1) is 0 Å². The van der Waals surface area contributed by atoms with Crippen LogP contribution in [-0.2, 0) is 14.8 Å². The van der Waals surface area contributed by atoms with Crippen LogP contribution in [0.25, 0.3) is 0 Å². The Morgan fingerprint density at radius 3 is 2.19 bits per heavy atom. The zero-order chi connectivity index (χ0) is 25.5. The monoisotopic (exact) mass is 517 g/mol. The van der Waals surface area contributed by atoms with Crippen LogP contribution in [0.15, 0.2) is 41.3 Å². The number of carbonyl (C=O) groups excluding carboxylic acids is 1. The molecule has 9 nitrogen and oxygen atoms in total. The summed E-state index contributed by atoms with van der Waals surface area (Å²) in [7, 11) is -3.55. The second kappa shape index (κ2) is 11.9. The highest BCUT2D eigenvalue weighted by Gasteiger charge is 2.26. The Balaban J connectivity index is 1.56. The lowest BCUT2D eigenvalue weighted by Gasteiger charge is -2.31.